The maximum Gasteiger partial charge on any atom is 0.227 e. The lowest BCUT2D eigenvalue weighted by molar-refractivity contribution is -0.130. The first-order valence-electron chi connectivity index (χ1n) is 5.61. The summed E-state index contributed by atoms with van der Waals surface area (Å²) in [5, 5.41) is 8.83. The molecule has 1 N–H and O–H groups in total. The smallest absolute Gasteiger partial charge is 0.227 e. The molecule has 0 bridgehead atoms. The first kappa shape index (κ1) is 12.7. The number of aliphatic hydroxyl groups is 1. The molecule has 3 heteroatoms. The van der Waals surface area contributed by atoms with Crippen LogP contribution in [0.5, 0.6) is 0 Å². The molecule has 88 valence electrons. The molecule has 0 saturated carbocycles. The van der Waals surface area contributed by atoms with E-state index < -0.39 is 0 Å². The first-order chi connectivity index (χ1) is 7.67. The third-order valence-electron chi connectivity index (χ3n) is 2.58. The third-order valence-corrected chi connectivity index (χ3v) is 2.58. The van der Waals surface area contributed by atoms with Gasteiger partial charge in [0, 0.05) is 13.1 Å². The van der Waals surface area contributed by atoms with E-state index in [0.29, 0.717) is 19.5 Å². The maximum absolute atomic E-state index is 11.8. The van der Waals surface area contributed by atoms with Gasteiger partial charge in [-0.05, 0) is 19.4 Å². The van der Waals surface area contributed by atoms with E-state index in [0.717, 1.165) is 5.56 Å². The zero-order valence-corrected chi connectivity index (χ0v) is 9.94. The van der Waals surface area contributed by atoms with Crippen LogP contribution in [-0.2, 0) is 11.2 Å². The van der Waals surface area contributed by atoms with Gasteiger partial charge in [0.15, 0.2) is 0 Å². The number of aliphatic hydroxyl groups excluding tert-OH is 1. The van der Waals surface area contributed by atoms with Crippen LogP contribution in [0.2, 0.25) is 0 Å². The number of rotatable bonds is 5. The molecule has 1 rings (SSSR count). The molecule has 0 atom stereocenters. The summed E-state index contributed by atoms with van der Waals surface area (Å²) in [6, 6.07) is 7.95. The van der Waals surface area contributed by atoms with Crippen LogP contribution < -0.4 is 0 Å². The van der Waals surface area contributed by atoms with Crippen molar-refractivity contribution in [3.8, 4) is 0 Å². The van der Waals surface area contributed by atoms with Crippen molar-refractivity contribution in [2.75, 3.05) is 19.7 Å². The maximum atomic E-state index is 11.8. The standard InChI is InChI=1S/C13H19NO2/c1-3-14(8-9-15)13(16)10-12-6-4-11(2)5-7-12/h4-7,15H,3,8-10H2,1-2H3. The Morgan fingerprint density at radius 2 is 1.94 bits per heavy atom. The van der Waals surface area contributed by atoms with Crippen LogP contribution in [0.25, 0.3) is 0 Å². The predicted octanol–water partition coefficient (Wildman–Crippen LogP) is 1.38. The Labute approximate surface area is 96.7 Å². The van der Waals surface area contributed by atoms with Crippen molar-refractivity contribution in [2.24, 2.45) is 0 Å². The normalized spacial score (nSPS) is 10.2. The Balaban J connectivity index is 2.59. The summed E-state index contributed by atoms with van der Waals surface area (Å²) >= 11 is 0. The van der Waals surface area contributed by atoms with E-state index in [1.165, 1.54) is 5.56 Å². The Hall–Kier alpha value is -1.35. The highest BCUT2D eigenvalue weighted by Crippen LogP contribution is 2.05. The zero-order chi connectivity index (χ0) is 12.0. The van der Waals surface area contributed by atoms with Gasteiger partial charge in [0.25, 0.3) is 0 Å². The number of carbonyl (C=O) groups excluding carboxylic acids is 1. The molecule has 16 heavy (non-hydrogen) atoms. The molecular weight excluding hydrogens is 202 g/mol. The number of nitrogens with zero attached hydrogens (tertiary/aromatic N) is 1. The van der Waals surface area contributed by atoms with Crippen molar-refractivity contribution < 1.29 is 9.90 Å². The molecule has 3 nitrogen and oxygen atoms in total. The van der Waals surface area contributed by atoms with Crippen LogP contribution in [-0.4, -0.2) is 35.6 Å². The number of benzene rings is 1. The SMILES string of the molecule is CCN(CCO)C(=O)Cc1ccc(C)cc1. The minimum Gasteiger partial charge on any atom is -0.395 e. The summed E-state index contributed by atoms with van der Waals surface area (Å²) in [6.45, 7) is 5.03. The second-order valence-corrected chi connectivity index (χ2v) is 3.86. The van der Waals surface area contributed by atoms with Gasteiger partial charge in [-0.1, -0.05) is 29.8 Å². The molecule has 0 spiro atoms. The zero-order valence-electron chi connectivity index (χ0n) is 9.94. The van der Waals surface area contributed by atoms with Gasteiger partial charge in [-0.2, -0.15) is 0 Å². The number of aryl methyl sites for hydroxylation is 1. The van der Waals surface area contributed by atoms with Gasteiger partial charge in [0.05, 0.1) is 13.0 Å². The van der Waals surface area contributed by atoms with E-state index in [1.807, 2.05) is 38.1 Å². The minimum absolute atomic E-state index is 0.0213. The second kappa shape index (κ2) is 6.28. The Morgan fingerprint density at radius 3 is 2.44 bits per heavy atom. The molecule has 0 aliphatic rings. The van der Waals surface area contributed by atoms with Crippen molar-refractivity contribution in [3.05, 3.63) is 35.4 Å². The molecule has 0 fully saturated rings. The number of hydrogen-bond acceptors (Lipinski definition) is 2. The Bertz CT molecular complexity index is 332. The topological polar surface area (TPSA) is 40.5 Å². The van der Waals surface area contributed by atoms with Crippen molar-refractivity contribution in [2.45, 2.75) is 20.3 Å². The molecule has 0 aromatic heterocycles. The van der Waals surface area contributed by atoms with Gasteiger partial charge in [-0.3, -0.25) is 4.79 Å². The summed E-state index contributed by atoms with van der Waals surface area (Å²) < 4.78 is 0. The highest BCUT2D eigenvalue weighted by atomic mass is 16.3. The summed E-state index contributed by atoms with van der Waals surface area (Å²) in [5.74, 6) is 0.0698. The van der Waals surface area contributed by atoms with Gasteiger partial charge in [0.2, 0.25) is 5.91 Å². The summed E-state index contributed by atoms with van der Waals surface area (Å²) in [6.07, 6.45) is 0.411. The van der Waals surface area contributed by atoms with Crippen molar-refractivity contribution in [1.82, 2.24) is 4.90 Å². The lowest BCUT2D eigenvalue weighted by Gasteiger charge is -2.19. The van der Waals surface area contributed by atoms with E-state index in [4.69, 9.17) is 5.11 Å². The quantitative estimate of drug-likeness (QED) is 0.816. The van der Waals surface area contributed by atoms with Gasteiger partial charge < -0.3 is 10.0 Å². The van der Waals surface area contributed by atoms with E-state index in [9.17, 15) is 4.79 Å². The van der Waals surface area contributed by atoms with E-state index >= 15 is 0 Å². The van der Waals surface area contributed by atoms with Crippen LogP contribution in [0.1, 0.15) is 18.1 Å². The van der Waals surface area contributed by atoms with Crippen LogP contribution >= 0.6 is 0 Å². The number of carbonyl (C=O) groups is 1. The first-order valence-corrected chi connectivity index (χ1v) is 5.61. The highest BCUT2D eigenvalue weighted by molar-refractivity contribution is 5.78. The Kier molecular flexibility index (Phi) is 4.99. The van der Waals surface area contributed by atoms with Crippen LogP contribution in [0, 0.1) is 6.92 Å². The molecule has 0 saturated heterocycles. The van der Waals surface area contributed by atoms with E-state index in [2.05, 4.69) is 0 Å². The minimum atomic E-state index is 0.0213. The summed E-state index contributed by atoms with van der Waals surface area (Å²) in [5.41, 5.74) is 2.21. The Morgan fingerprint density at radius 1 is 1.31 bits per heavy atom. The molecule has 1 amide bonds. The summed E-state index contributed by atoms with van der Waals surface area (Å²) in [7, 11) is 0. The largest absolute Gasteiger partial charge is 0.395 e. The fraction of sp³-hybridized carbons (Fsp3) is 0.462. The number of amides is 1. The highest BCUT2D eigenvalue weighted by Gasteiger charge is 2.11. The average molecular weight is 221 g/mol. The fourth-order valence-electron chi connectivity index (χ4n) is 1.57. The lowest BCUT2D eigenvalue weighted by Crippen LogP contribution is -2.34. The third kappa shape index (κ3) is 3.66. The van der Waals surface area contributed by atoms with Crippen molar-refractivity contribution in [1.29, 1.82) is 0 Å². The molecule has 0 unspecified atom stereocenters. The molecular formula is C13H19NO2. The van der Waals surface area contributed by atoms with Gasteiger partial charge in [-0.15, -0.1) is 0 Å². The van der Waals surface area contributed by atoms with Gasteiger partial charge in [-0.25, -0.2) is 0 Å². The van der Waals surface area contributed by atoms with Crippen molar-refractivity contribution >= 4 is 5.91 Å². The number of hydrogen-bond donors (Lipinski definition) is 1. The molecule has 0 aliphatic heterocycles. The van der Waals surface area contributed by atoms with E-state index in [1.54, 1.807) is 4.90 Å². The van der Waals surface area contributed by atoms with Crippen molar-refractivity contribution in [3.63, 3.8) is 0 Å². The lowest BCUT2D eigenvalue weighted by atomic mass is 10.1. The molecule has 0 heterocycles. The molecule has 0 aliphatic carbocycles. The second-order valence-electron chi connectivity index (χ2n) is 3.86. The molecule has 0 radical (unpaired) electrons. The molecule has 1 aromatic rings. The van der Waals surface area contributed by atoms with E-state index in [-0.39, 0.29) is 12.5 Å². The van der Waals surface area contributed by atoms with Crippen LogP contribution in [0.3, 0.4) is 0 Å². The van der Waals surface area contributed by atoms with Crippen LogP contribution in [0.4, 0.5) is 0 Å². The molecule has 1 aromatic carbocycles. The fourth-order valence-corrected chi connectivity index (χ4v) is 1.57. The van der Waals surface area contributed by atoms with Crippen LogP contribution in [0.15, 0.2) is 24.3 Å². The monoisotopic (exact) mass is 221 g/mol. The van der Waals surface area contributed by atoms with Gasteiger partial charge in [0.1, 0.15) is 0 Å². The average Bonchev–Trinajstić information content (AvgIpc) is 2.29. The number of likely N-dealkylation sites (N-methyl/N-ethyl adjacent to an activating group) is 1. The summed E-state index contributed by atoms with van der Waals surface area (Å²) in [4.78, 5) is 13.5. The predicted molar refractivity (Wildman–Crippen MR) is 64.2 cm³/mol. The van der Waals surface area contributed by atoms with Gasteiger partial charge >= 0.3 is 0 Å².